The van der Waals surface area contributed by atoms with Gasteiger partial charge in [0.15, 0.2) is 5.96 Å². The first-order valence-corrected chi connectivity index (χ1v) is 8.27. The summed E-state index contributed by atoms with van der Waals surface area (Å²) in [6.45, 7) is 8.39. The number of hydrogen-bond acceptors (Lipinski definition) is 1. The highest BCUT2D eigenvalue weighted by Crippen LogP contribution is 2.48. The van der Waals surface area contributed by atoms with Crippen LogP contribution < -0.4 is 10.6 Å². The molecule has 0 aliphatic heterocycles. The van der Waals surface area contributed by atoms with Gasteiger partial charge in [-0.25, -0.2) is 0 Å². The summed E-state index contributed by atoms with van der Waals surface area (Å²) in [4.78, 5) is 4.84. The molecular weight excluding hydrogens is 258 g/mol. The Balaban J connectivity index is 1.98. The van der Waals surface area contributed by atoms with Crippen LogP contribution in [0.15, 0.2) is 35.3 Å². The summed E-state index contributed by atoms with van der Waals surface area (Å²) in [5, 5.41) is 6.87. The van der Waals surface area contributed by atoms with Crippen LogP contribution in [0.1, 0.15) is 52.0 Å². The SMILES string of the molecule is CCCCNC(=NCC1(c2ccccc2)CC1)NC(C)C. The van der Waals surface area contributed by atoms with Gasteiger partial charge in [0.05, 0.1) is 6.54 Å². The molecule has 0 atom stereocenters. The van der Waals surface area contributed by atoms with E-state index in [4.69, 9.17) is 4.99 Å². The van der Waals surface area contributed by atoms with Crippen molar-refractivity contribution in [2.24, 2.45) is 4.99 Å². The monoisotopic (exact) mass is 287 g/mol. The summed E-state index contributed by atoms with van der Waals surface area (Å²) in [6.07, 6.45) is 4.90. The average molecular weight is 287 g/mol. The Kier molecular flexibility index (Phi) is 5.66. The molecule has 1 fully saturated rings. The van der Waals surface area contributed by atoms with Gasteiger partial charge in [0.1, 0.15) is 0 Å². The maximum atomic E-state index is 4.84. The van der Waals surface area contributed by atoms with Crippen molar-refractivity contribution >= 4 is 5.96 Å². The number of nitrogens with zero attached hydrogens (tertiary/aromatic N) is 1. The van der Waals surface area contributed by atoms with Crippen molar-refractivity contribution in [1.82, 2.24) is 10.6 Å². The Hall–Kier alpha value is -1.51. The fourth-order valence-corrected chi connectivity index (χ4v) is 2.52. The van der Waals surface area contributed by atoms with Gasteiger partial charge >= 0.3 is 0 Å². The van der Waals surface area contributed by atoms with E-state index in [-0.39, 0.29) is 5.41 Å². The zero-order chi connectivity index (χ0) is 15.1. The molecule has 0 bridgehead atoms. The van der Waals surface area contributed by atoms with E-state index in [0.717, 1.165) is 19.0 Å². The molecule has 0 unspecified atom stereocenters. The summed E-state index contributed by atoms with van der Waals surface area (Å²) in [7, 11) is 0. The van der Waals surface area contributed by atoms with Crippen LogP contribution in [0.25, 0.3) is 0 Å². The van der Waals surface area contributed by atoms with Gasteiger partial charge in [-0.15, -0.1) is 0 Å². The normalized spacial score (nSPS) is 16.9. The second-order valence-corrected chi connectivity index (χ2v) is 6.39. The smallest absolute Gasteiger partial charge is 0.191 e. The molecule has 1 aliphatic rings. The predicted molar refractivity (Wildman–Crippen MR) is 90.8 cm³/mol. The lowest BCUT2D eigenvalue weighted by molar-refractivity contribution is 0.656. The molecule has 1 saturated carbocycles. The van der Waals surface area contributed by atoms with E-state index in [2.05, 4.69) is 61.7 Å². The van der Waals surface area contributed by atoms with Crippen LogP contribution in [0.2, 0.25) is 0 Å². The Labute approximate surface area is 129 Å². The van der Waals surface area contributed by atoms with Crippen LogP contribution in [0.5, 0.6) is 0 Å². The van der Waals surface area contributed by atoms with Crippen LogP contribution >= 0.6 is 0 Å². The van der Waals surface area contributed by atoms with Crippen molar-refractivity contribution in [2.75, 3.05) is 13.1 Å². The lowest BCUT2D eigenvalue weighted by Gasteiger charge is -2.18. The Bertz CT molecular complexity index is 447. The Morgan fingerprint density at radius 2 is 1.95 bits per heavy atom. The van der Waals surface area contributed by atoms with Gasteiger partial charge in [0, 0.05) is 18.0 Å². The highest BCUT2D eigenvalue weighted by molar-refractivity contribution is 5.80. The largest absolute Gasteiger partial charge is 0.356 e. The van der Waals surface area contributed by atoms with Crippen molar-refractivity contribution in [3.05, 3.63) is 35.9 Å². The second-order valence-electron chi connectivity index (χ2n) is 6.39. The maximum absolute atomic E-state index is 4.84. The number of benzene rings is 1. The van der Waals surface area contributed by atoms with Crippen molar-refractivity contribution in [3.8, 4) is 0 Å². The molecule has 21 heavy (non-hydrogen) atoms. The fourth-order valence-electron chi connectivity index (χ4n) is 2.52. The standard InChI is InChI=1S/C18H29N3/c1-4-5-13-19-17(21-15(2)3)20-14-18(11-12-18)16-9-7-6-8-10-16/h6-10,15H,4-5,11-14H2,1-3H3,(H2,19,20,21). The summed E-state index contributed by atoms with van der Waals surface area (Å²) < 4.78 is 0. The molecule has 116 valence electrons. The molecular formula is C18H29N3. The molecule has 0 saturated heterocycles. The van der Waals surface area contributed by atoms with Crippen molar-refractivity contribution in [2.45, 2.75) is 57.9 Å². The summed E-state index contributed by atoms with van der Waals surface area (Å²) in [5.41, 5.74) is 1.73. The first-order chi connectivity index (χ1) is 10.2. The minimum absolute atomic E-state index is 0.289. The molecule has 2 N–H and O–H groups in total. The molecule has 0 radical (unpaired) electrons. The predicted octanol–water partition coefficient (Wildman–Crippen LogP) is 3.46. The van der Waals surface area contributed by atoms with E-state index in [1.165, 1.54) is 31.2 Å². The maximum Gasteiger partial charge on any atom is 0.191 e. The average Bonchev–Trinajstić information content (AvgIpc) is 3.26. The topological polar surface area (TPSA) is 36.4 Å². The van der Waals surface area contributed by atoms with Crippen LogP contribution in [0.4, 0.5) is 0 Å². The molecule has 0 aromatic heterocycles. The zero-order valence-corrected chi connectivity index (χ0v) is 13.7. The van der Waals surface area contributed by atoms with Gasteiger partial charge in [0.25, 0.3) is 0 Å². The van der Waals surface area contributed by atoms with E-state index >= 15 is 0 Å². The third-order valence-corrected chi connectivity index (χ3v) is 4.03. The van der Waals surface area contributed by atoms with Gasteiger partial charge in [0.2, 0.25) is 0 Å². The van der Waals surface area contributed by atoms with Crippen molar-refractivity contribution in [1.29, 1.82) is 0 Å². The van der Waals surface area contributed by atoms with Gasteiger partial charge in [-0.1, -0.05) is 43.7 Å². The number of rotatable bonds is 7. The first kappa shape index (κ1) is 15.9. The van der Waals surface area contributed by atoms with Crippen molar-refractivity contribution in [3.63, 3.8) is 0 Å². The van der Waals surface area contributed by atoms with Crippen molar-refractivity contribution < 1.29 is 0 Å². The van der Waals surface area contributed by atoms with Crippen LogP contribution in [-0.2, 0) is 5.41 Å². The molecule has 0 heterocycles. The lowest BCUT2D eigenvalue weighted by Crippen LogP contribution is -2.42. The quantitative estimate of drug-likeness (QED) is 0.458. The molecule has 3 nitrogen and oxygen atoms in total. The molecule has 0 amide bonds. The van der Waals surface area contributed by atoms with E-state index in [0.29, 0.717) is 6.04 Å². The molecule has 1 aliphatic carbocycles. The third kappa shape index (κ3) is 4.76. The first-order valence-electron chi connectivity index (χ1n) is 8.27. The molecule has 1 aromatic carbocycles. The molecule has 2 rings (SSSR count). The van der Waals surface area contributed by atoms with Crippen LogP contribution in [0, 0.1) is 0 Å². The fraction of sp³-hybridized carbons (Fsp3) is 0.611. The van der Waals surface area contributed by atoms with Gasteiger partial charge in [-0.3, -0.25) is 4.99 Å². The Morgan fingerprint density at radius 1 is 1.24 bits per heavy atom. The van der Waals surface area contributed by atoms with E-state index in [1.54, 1.807) is 0 Å². The minimum atomic E-state index is 0.289. The molecule has 1 aromatic rings. The molecule has 3 heteroatoms. The van der Waals surface area contributed by atoms with E-state index in [9.17, 15) is 0 Å². The minimum Gasteiger partial charge on any atom is -0.356 e. The second kappa shape index (κ2) is 7.48. The summed E-state index contributed by atoms with van der Waals surface area (Å²) in [6, 6.07) is 11.2. The Morgan fingerprint density at radius 3 is 2.52 bits per heavy atom. The number of nitrogens with one attached hydrogen (secondary N) is 2. The lowest BCUT2D eigenvalue weighted by atomic mass is 9.96. The molecule has 0 spiro atoms. The highest BCUT2D eigenvalue weighted by atomic mass is 15.2. The number of aliphatic imine (C=N–C) groups is 1. The highest BCUT2D eigenvalue weighted by Gasteiger charge is 2.43. The number of hydrogen-bond donors (Lipinski definition) is 2. The summed E-state index contributed by atoms with van der Waals surface area (Å²) >= 11 is 0. The van der Waals surface area contributed by atoms with Crippen LogP contribution in [0.3, 0.4) is 0 Å². The number of guanidine groups is 1. The van der Waals surface area contributed by atoms with Gasteiger partial charge < -0.3 is 10.6 Å². The van der Waals surface area contributed by atoms with E-state index < -0.39 is 0 Å². The van der Waals surface area contributed by atoms with Gasteiger partial charge in [-0.05, 0) is 38.7 Å². The van der Waals surface area contributed by atoms with E-state index in [1.807, 2.05) is 0 Å². The zero-order valence-electron chi connectivity index (χ0n) is 13.7. The van der Waals surface area contributed by atoms with Crippen LogP contribution in [-0.4, -0.2) is 25.1 Å². The number of unbranched alkanes of at least 4 members (excludes halogenated alkanes) is 1. The summed E-state index contributed by atoms with van der Waals surface area (Å²) in [5.74, 6) is 0.959. The van der Waals surface area contributed by atoms with Gasteiger partial charge in [-0.2, -0.15) is 0 Å². The third-order valence-electron chi connectivity index (χ3n) is 4.03.